The van der Waals surface area contributed by atoms with Crippen LogP contribution in [-0.2, 0) is 14.8 Å². The number of amides is 1. The molecule has 8 nitrogen and oxygen atoms in total. The summed E-state index contributed by atoms with van der Waals surface area (Å²) in [5.41, 5.74) is 1.40. The third kappa shape index (κ3) is 4.00. The maximum atomic E-state index is 12.6. The quantitative estimate of drug-likeness (QED) is 0.797. The predicted octanol–water partition coefficient (Wildman–Crippen LogP) is 2.52. The molecule has 0 fully saturated rings. The zero-order valence-corrected chi connectivity index (χ0v) is 16.7. The number of nitrogens with zero attached hydrogens (tertiary/aromatic N) is 2. The molecule has 0 aliphatic heterocycles. The van der Waals surface area contributed by atoms with Gasteiger partial charge < -0.3 is 14.6 Å². The van der Waals surface area contributed by atoms with Gasteiger partial charge in [-0.2, -0.15) is 4.31 Å². The van der Waals surface area contributed by atoms with E-state index in [2.05, 4.69) is 10.5 Å². The summed E-state index contributed by atoms with van der Waals surface area (Å²) in [4.78, 5) is 12.3. The number of rotatable bonds is 6. The van der Waals surface area contributed by atoms with Crippen molar-refractivity contribution in [3.05, 3.63) is 34.2 Å². The Morgan fingerprint density at radius 2 is 2.00 bits per heavy atom. The molecule has 1 amide bonds. The number of ether oxygens (including phenoxy) is 1. The van der Waals surface area contributed by atoms with Crippen molar-refractivity contribution in [1.82, 2.24) is 9.46 Å². The monoisotopic (exact) mass is 401 g/mol. The summed E-state index contributed by atoms with van der Waals surface area (Å²) in [6.45, 7) is 4.42. The van der Waals surface area contributed by atoms with Crippen LogP contribution >= 0.6 is 11.6 Å². The first-order valence-electron chi connectivity index (χ1n) is 7.61. The number of hydrogen-bond acceptors (Lipinski definition) is 6. The molecule has 10 heteroatoms. The van der Waals surface area contributed by atoms with Crippen molar-refractivity contribution in [3.8, 4) is 5.75 Å². The lowest BCUT2D eigenvalue weighted by Gasteiger charge is -2.17. The number of carbonyl (C=O) groups is 1. The first kappa shape index (κ1) is 20.2. The molecule has 0 saturated heterocycles. The Bertz CT molecular complexity index is 920. The molecule has 2 aromatic rings. The molecule has 26 heavy (non-hydrogen) atoms. The van der Waals surface area contributed by atoms with Crippen LogP contribution in [0.25, 0.3) is 0 Å². The highest BCUT2D eigenvalue weighted by Gasteiger charge is 2.30. The third-order valence-electron chi connectivity index (χ3n) is 3.76. The van der Waals surface area contributed by atoms with E-state index in [4.69, 9.17) is 20.9 Å². The van der Waals surface area contributed by atoms with E-state index in [1.165, 1.54) is 28.0 Å². The van der Waals surface area contributed by atoms with Crippen molar-refractivity contribution in [3.63, 3.8) is 0 Å². The number of likely N-dealkylation sites (N-methyl/N-ethyl adjacent to an activating group) is 1. The zero-order valence-electron chi connectivity index (χ0n) is 15.1. The van der Waals surface area contributed by atoms with Crippen LogP contribution in [0.2, 0.25) is 5.02 Å². The molecule has 0 atom stereocenters. The van der Waals surface area contributed by atoms with Gasteiger partial charge in [-0.05, 0) is 32.4 Å². The van der Waals surface area contributed by atoms with E-state index in [1.54, 1.807) is 19.1 Å². The van der Waals surface area contributed by atoms with Crippen molar-refractivity contribution in [2.45, 2.75) is 25.7 Å². The number of sulfonamides is 1. The van der Waals surface area contributed by atoms with Gasteiger partial charge in [-0.25, -0.2) is 8.42 Å². The van der Waals surface area contributed by atoms with Gasteiger partial charge in [-0.15, -0.1) is 0 Å². The maximum Gasteiger partial charge on any atom is 0.248 e. The van der Waals surface area contributed by atoms with Crippen LogP contribution in [0.3, 0.4) is 0 Å². The minimum Gasteiger partial charge on any atom is -0.495 e. The summed E-state index contributed by atoms with van der Waals surface area (Å²) in [6, 6.07) is 3.23. The Morgan fingerprint density at radius 3 is 2.54 bits per heavy atom. The molecule has 0 unspecified atom stereocenters. The summed E-state index contributed by atoms with van der Waals surface area (Å²) in [5.74, 6) is 0.0257. The minimum absolute atomic E-state index is 0.0345. The Kier molecular flexibility index (Phi) is 5.94. The fourth-order valence-corrected chi connectivity index (χ4v) is 3.97. The Balaban J connectivity index is 2.19. The van der Waals surface area contributed by atoms with Crippen LogP contribution in [0.5, 0.6) is 5.75 Å². The zero-order chi connectivity index (χ0) is 19.6. The first-order chi connectivity index (χ1) is 12.1. The molecule has 0 bridgehead atoms. The van der Waals surface area contributed by atoms with Crippen molar-refractivity contribution < 1.29 is 22.5 Å². The van der Waals surface area contributed by atoms with Crippen molar-refractivity contribution >= 4 is 33.2 Å². The maximum absolute atomic E-state index is 12.6. The van der Waals surface area contributed by atoms with Gasteiger partial charge in [0.05, 0.1) is 19.3 Å². The Labute approximate surface area is 157 Å². The molecule has 1 aromatic carbocycles. The number of benzene rings is 1. The lowest BCUT2D eigenvalue weighted by atomic mass is 10.2. The second kappa shape index (κ2) is 7.65. The number of carbonyl (C=O) groups excluding carboxylic acids is 1. The van der Waals surface area contributed by atoms with Crippen molar-refractivity contribution in [1.29, 1.82) is 0 Å². The fraction of sp³-hybridized carbons (Fsp3) is 0.375. The van der Waals surface area contributed by atoms with E-state index >= 15 is 0 Å². The summed E-state index contributed by atoms with van der Waals surface area (Å²) in [6.07, 6.45) is 0. The molecule has 0 spiro atoms. The minimum atomic E-state index is -3.91. The smallest absolute Gasteiger partial charge is 0.248 e. The molecule has 2 rings (SSSR count). The van der Waals surface area contributed by atoms with Gasteiger partial charge in [-0.3, -0.25) is 4.79 Å². The molecular formula is C16H20ClN3O5S. The number of aryl methyl sites for hydroxylation is 3. The van der Waals surface area contributed by atoms with Crippen LogP contribution in [0.1, 0.15) is 17.0 Å². The van der Waals surface area contributed by atoms with E-state index in [1.807, 2.05) is 0 Å². The summed E-state index contributed by atoms with van der Waals surface area (Å²) >= 11 is 6.04. The number of nitrogens with one attached hydrogen (secondary N) is 1. The number of anilines is 1. The second-order valence-corrected chi connectivity index (χ2v) is 8.15. The first-order valence-corrected chi connectivity index (χ1v) is 9.43. The van der Waals surface area contributed by atoms with Crippen molar-refractivity contribution in [2.24, 2.45) is 0 Å². The number of hydrogen-bond donors (Lipinski definition) is 1. The van der Waals surface area contributed by atoms with Crippen molar-refractivity contribution in [2.75, 3.05) is 26.0 Å². The van der Waals surface area contributed by atoms with E-state index in [0.29, 0.717) is 16.5 Å². The second-order valence-electron chi connectivity index (χ2n) is 5.76. The normalized spacial score (nSPS) is 11.7. The van der Waals surface area contributed by atoms with E-state index in [0.717, 1.165) is 9.87 Å². The molecule has 0 aliphatic carbocycles. The van der Waals surface area contributed by atoms with Crippen LogP contribution in [-0.4, -0.2) is 44.5 Å². The molecule has 1 aromatic heterocycles. The Morgan fingerprint density at radius 1 is 1.35 bits per heavy atom. The van der Waals surface area contributed by atoms with E-state index < -0.39 is 22.5 Å². The average Bonchev–Trinajstić information content (AvgIpc) is 2.89. The lowest BCUT2D eigenvalue weighted by molar-refractivity contribution is -0.116. The van der Waals surface area contributed by atoms with E-state index in [9.17, 15) is 13.2 Å². The summed E-state index contributed by atoms with van der Waals surface area (Å²) < 4.78 is 36.3. The molecule has 0 aliphatic rings. The lowest BCUT2D eigenvalue weighted by Crippen LogP contribution is -2.35. The molecule has 1 N–H and O–H groups in total. The third-order valence-corrected chi connectivity index (χ3v) is 6.21. The Hall–Kier alpha value is -2.10. The van der Waals surface area contributed by atoms with Crippen LogP contribution in [0.15, 0.2) is 21.6 Å². The fourth-order valence-electron chi connectivity index (χ4n) is 2.41. The predicted molar refractivity (Wildman–Crippen MR) is 97.2 cm³/mol. The van der Waals surface area contributed by atoms with Gasteiger partial charge in [0.15, 0.2) is 5.76 Å². The van der Waals surface area contributed by atoms with Gasteiger partial charge in [0.2, 0.25) is 15.9 Å². The van der Waals surface area contributed by atoms with Crippen LogP contribution in [0.4, 0.5) is 5.69 Å². The van der Waals surface area contributed by atoms with Crippen LogP contribution < -0.4 is 10.1 Å². The highest BCUT2D eigenvalue weighted by molar-refractivity contribution is 7.89. The van der Waals surface area contributed by atoms with Crippen LogP contribution in [0, 0.1) is 20.8 Å². The summed E-state index contributed by atoms with van der Waals surface area (Å²) in [7, 11) is -1.15. The number of methoxy groups -OCH3 is 1. The van der Waals surface area contributed by atoms with Gasteiger partial charge in [-0.1, -0.05) is 16.8 Å². The van der Waals surface area contributed by atoms with E-state index in [-0.39, 0.29) is 16.3 Å². The molecule has 142 valence electrons. The largest absolute Gasteiger partial charge is 0.495 e. The molecule has 0 radical (unpaired) electrons. The van der Waals surface area contributed by atoms with Gasteiger partial charge in [0.25, 0.3) is 0 Å². The van der Waals surface area contributed by atoms with Gasteiger partial charge in [0, 0.05) is 18.1 Å². The number of aromatic nitrogens is 1. The van der Waals surface area contributed by atoms with Gasteiger partial charge >= 0.3 is 0 Å². The highest BCUT2D eigenvalue weighted by atomic mass is 35.5. The standard InChI is InChI=1S/C16H20ClN3O5S/c1-9-6-13(14(24-5)7-12(9)17)18-15(21)8-20(4)26(22,23)16-10(2)19-25-11(16)3/h6-7H,8H2,1-5H3,(H,18,21). The molecular weight excluding hydrogens is 382 g/mol. The summed E-state index contributed by atoms with van der Waals surface area (Å²) in [5, 5.41) is 6.78. The SMILES string of the molecule is COc1cc(Cl)c(C)cc1NC(=O)CN(C)S(=O)(=O)c1c(C)noc1C. The van der Waals surface area contributed by atoms with Gasteiger partial charge in [0.1, 0.15) is 16.3 Å². The highest BCUT2D eigenvalue weighted by Crippen LogP contribution is 2.31. The topological polar surface area (TPSA) is 102 Å². The average molecular weight is 402 g/mol. The molecule has 0 saturated carbocycles. The molecule has 1 heterocycles. The number of halogens is 1.